The van der Waals surface area contributed by atoms with E-state index < -0.39 is 12.6 Å². The molecule has 5 nitrogen and oxygen atoms in total. The zero-order valence-corrected chi connectivity index (χ0v) is 5.57. The molecule has 0 radical (unpaired) electrons. The fourth-order valence-electron chi connectivity index (χ4n) is 0.351. The van der Waals surface area contributed by atoms with Gasteiger partial charge in [0, 0.05) is 0 Å². The Morgan fingerprint density at radius 3 is 2.60 bits per heavy atom. The van der Waals surface area contributed by atoms with E-state index in [1.54, 1.807) is 6.92 Å². The second kappa shape index (κ2) is 4.75. The van der Waals surface area contributed by atoms with Crippen LogP contribution >= 0.6 is 0 Å². The van der Waals surface area contributed by atoms with Gasteiger partial charge in [0.1, 0.15) is 0 Å². The molecule has 0 saturated heterocycles. The normalized spacial score (nSPS) is 11.2. The summed E-state index contributed by atoms with van der Waals surface area (Å²) in [5, 5.41) is 18.9. The Morgan fingerprint density at radius 2 is 2.30 bits per heavy atom. The molecule has 0 fully saturated rings. The Morgan fingerprint density at radius 1 is 1.70 bits per heavy atom. The van der Waals surface area contributed by atoms with Gasteiger partial charge in [-0.05, 0) is 6.92 Å². The number of oxime groups is 1. The molecule has 58 valence electrons. The second-order valence-corrected chi connectivity index (χ2v) is 1.43. The Bertz CT molecular complexity index is 143. The third-order valence-electron chi connectivity index (χ3n) is 0.782. The molecule has 0 bridgehead atoms. The first-order chi connectivity index (χ1) is 4.76. The quantitative estimate of drug-likeness (QED) is 0.241. The predicted molar refractivity (Wildman–Crippen MR) is 32.9 cm³/mol. The largest absolute Gasteiger partial charge is 0.461 e. The van der Waals surface area contributed by atoms with Gasteiger partial charge in [0.2, 0.25) is 0 Å². The van der Waals surface area contributed by atoms with Gasteiger partial charge in [-0.2, -0.15) is 0 Å². The van der Waals surface area contributed by atoms with Gasteiger partial charge < -0.3 is 15.1 Å². The topological polar surface area (TPSA) is 79.1 Å². The Hall–Kier alpha value is -1.10. The minimum atomic E-state index is -0.799. The molecule has 0 amide bonds. The molecule has 0 aliphatic rings. The van der Waals surface area contributed by atoms with Crippen molar-refractivity contribution in [3.05, 3.63) is 0 Å². The van der Waals surface area contributed by atoms with Crippen molar-refractivity contribution in [2.24, 2.45) is 5.16 Å². The SMILES string of the molecule is CCOC(=O)/C(CO)=N\O. The lowest BCUT2D eigenvalue weighted by atomic mass is 10.4. The first kappa shape index (κ1) is 8.90. The maximum Gasteiger partial charge on any atom is 0.358 e. The molecule has 0 heterocycles. The molecule has 0 aromatic rings. The first-order valence-electron chi connectivity index (χ1n) is 2.75. The highest BCUT2D eigenvalue weighted by Gasteiger charge is 2.10. The van der Waals surface area contributed by atoms with Gasteiger partial charge in [-0.25, -0.2) is 4.79 Å². The Labute approximate surface area is 57.9 Å². The third kappa shape index (κ3) is 2.45. The molecule has 0 unspecified atom stereocenters. The molecular formula is C5H9NO4. The molecule has 0 aromatic carbocycles. The van der Waals surface area contributed by atoms with Crippen molar-refractivity contribution in [3.63, 3.8) is 0 Å². The first-order valence-corrected chi connectivity index (χ1v) is 2.75. The summed E-state index contributed by atoms with van der Waals surface area (Å²) < 4.78 is 4.40. The molecule has 0 spiro atoms. The molecule has 0 saturated carbocycles. The van der Waals surface area contributed by atoms with Crippen molar-refractivity contribution < 1.29 is 19.8 Å². The minimum Gasteiger partial charge on any atom is -0.461 e. The number of aliphatic hydroxyl groups is 1. The monoisotopic (exact) mass is 147 g/mol. The molecule has 0 aliphatic carbocycles. The van der Waals surface area contributed by atoms with Crippen LogP contribution in [0.1, 0.15) is 6.92 Å². The summed E-state index contributed by atoms with van der Waals surface area (Å²) in [5.74, 6) is -0.799. The van der Waals surface area contributed by atoms with Crippen LogP contribution < -0.4 is 0 Å². The molecule has 0 aliphatic heterocycles. The van der Waals surface area contributed by atoms with E-state index in [2.05, 4.69) is 9.89 Å². The van der Waals surface area contributed by atoms with Crippen LogP contribution in [-0.2, 0) is 9.53 Å². The number of rotatable bonds is 3. The number of nitrogens with zero attached hydrogens (tertiary/aromatic N) is 1. The van der Waals surface area contributed by atoms with Gasteiger partial charge in [0.15, 0.2) is 5.71 Å². The van der Waals surface area contributed by atoms with Crippen LogP contribution in [0.4, 0.5) is 0 Å². The summed E-state index contributed by atoms with van der Waals surface area (Å²) in [6.07, 6.45) is 0. The lowest BCUT2D eigenvalue weighted by Gasteiger charge is -1.98. The zero-order chi connectivity index (χ0) is 7.98. The lowest BCUT2D eigenvalue weighted by Crippen LogP contribution is -2.20. The highest BCUT2D eigenvalue weighted by atomic mass is 16.5. The van der Waals surface area contributed by atoms with E-state index in [0.717, 1.165) is 0 Å². The maximum atomic E-state index is 10.5. The second-order valence-electron chi connectivity index (χ2n) is 1.43. The van der Waals surface area contributed by atoms with E-state index >= 15 is 0 Å². The van der Waals surface area contributed by atoms with Crippen molar-refractivity contribution in [2.75, 3.05) is 13.2 Å². The Kier molecular flexibility index (Phi) is 4.23. The summed E-state index contributed by atoms with van der Waals surface area (Å²) >= 11 is 0. The van der Waals surface area contributed by atoms with E-state index in [0.29, 0.717) is 0 Å². The number of hydrogen-bond donors (Lipinski definition) is 2. The van der Waals surface area contributed by atoms with Crippen molar-refractivity contribution in [1.82, 2.24) is 0 Å². The summed E-state index contributed by atoms with van der Waals surface area (Å²) in [4.78, 5) is 10.5. The van der Waals surface area contributed by atoms with Gasteiger partial charge in [0.05, 0.1) is 13.2 Å². The molecule has 5 heteroatoms. The molecule has 0 atom stereocenters. The summed E-state index contributed by atoms with van der Waals surface area (Å²) in [7, 11) is 0. The average molecular weight is 147 g/mol. The van der Waals surface area contributed by atoms with Gasteiger partial charge in [0.25, 0.3) is 0 Å². The number of ether oxygens (including phenoxy) is 1. The smallest absolute Gasteiger partial charge is 0.358 e. The predicted octanol–water partition coefficient (Wildman–Crippen LogP) is -0.628. The van der Waals surface area contributed by atoms with Crippen molar-refractivity contribution >= 4 is 11.7 Å². The molecule has 2 N–H and O–H groups in total. The number of aliphatic hydroxyl groups excluding tert-OH is 1. The van der Waals surface area contributed by atoms with E-state index in [1.807, 2.05) is 0 Å². The third-order valence-corrected chi connectivity index (χ3v) is 0.782. The summed E-state index contributed by atoms with van der Waals surface area (Å²) in [6.45, 7) is 1.19. The number of hydrogen-bond acceptors (Lipinski definition) is 5. The standard InChI is InChI=1S/C5H9NO4/c1-2-10-5(8)4(3-7)6-9/h7,9H,2-3H2,1H3/b6-4-. The van der Waals surface area contributed by atoms with Crippen LogP contribution in [0.25, 0.3) is 0 Å². The van der Waals surface area contributed by atoms with Gasteiger partial charge >= 0.3 is 5.97 Å². The number of carbonyl (C=O) groups excluding carboxylic acids is 1. The fraction of sp³-hybridized carbons (Fsp3) is 0.600. The Balaban J connectivity index is 3.91. The van der Waals surface area contributed by atoms with E-state index in [1.165, 1.54) is 0 Å². The number of esters is 1. The number of carbonyl (C=O) groups is 1. The molecule has 0 aromatic heterocycles. The van der Waals surface area contributed by atoms with Gasteiger partial charge in [-0.15, -0.1) is 0 Å². The van der Waals surface area contributed by atoms with Gasteiger partial charge in [-0.1, -0.05) is 5.16 Å². The summed E-state index contributed by atoms with van der Waals surface area (Å²) in [6, 6.07) is 0. The summed E-state index contributed by atoms with van der Waals surface area (Å²) in [5.41, 5.74) is -0.387. The lowest BCUT2D eigenvalue weighted by molar-refractivity contribution is -0.135. The highest BCUT2D eigenvalue weighted by Crippen LogP contribution is 1.82. The molecule has 0 rings (SSSR count). The van der Waals surface area contributed by atoms with E-state index in [-0.39, 0.29) is 12.3 Å². The maximum absolute atomic E-state index is 10.5. The van der Waals surface area contributed by atoms with Crippen LogP contribution in [0.5, 0.6) is 0 Å². The van der Waals surface area contributed by atoms with Crippen LogP contribution in [0, 0.1) is 0 Å². The highest BCUT2D eigenvalue weighted by molar-refractivity contribution is 6.36. The average Bonchev–Trinajstić information content (AvgIpc) is 1.91. The van der Waals surface area contributed by atoms with E-state index in [4.69, 9.17) is 10.3 Å². The van der Waals surface area contributed by atoms with Crippen molar-refractivity contribution in [3.8, 4) is 0 Å². The zero-order valence-electron chi connectivity index (χ0n) is 5.57. The minimum absolute atomic E-state index is 0.192. The molecule has 10 heavy (non-hydrogen) atoms. The van der Waals surface area contributed by atoms with Crippen LogP contribution in [-0.4, -0.2) is 35.2 Å². The van der Waals surface area contributed by atoms with E-state index in [9.17, 15) is 4.79 Å². The van der Waals surface area contributed by atoms with Crippen LogP contribution in [0.2, 0.25) is 0 Å². The van der Waals surface area contributed by atoms with Crippen LogP contribution in [0.15, 0.2) is 5.16 Å². The fourth-order valence-corrected chi connectivity index (χ4v) is 0.351. The van der Waals surface area contributed by atoms with Gasteiger partial charge in [-0.3, -0.25) is 0 Å². The van der Waals surface area contributed by atoms with Crippen LogP contribution in [0.3, 0.4) is 0 Å². The van der Waals surface area contributed by atoms with Crippen molar-refractivity contribution in [2.45, 2.75) is 6.92 Å². The molecular weight excluding hydrogens is 138 g/mol. The van der Waals surface area contributed by atoms with Crippen molar-refractivity contribution in [1.29, 1.82) is 0 Å².